The fourth-order valence-electron chi connectivity index (χ4n) is 2.90. The smallest absolute Gasteiger partial charge is 0.325 e. The molecule has 2 rings (SSSR count). The fraction of sp³-hybridized carbons (Fsp3) is 0.360. The number of rotatable bonds is 9. The summed E-state index contributed by atoms with van der Waals surface area (Å²) in [5.74, 6) is 1.19. The summed E-state index contributed by atoms with van der Waals surface area (Å²) >= 11 is 0. The molecule has 0 saturated carbocycles. The van der Waals surface area contributed by atoms with E-state index in [2.05, 4.69) is 16.0 Å². The van der Waals surface area contributed by atoms with E-state index in [1.807, 2.05) is 6.92 Å². The van der Waals surface area contributed by atoms with Crippen LogP contribution in [0.25, 0.3) is 0 Å². The molecule has 0 aliphatic heterocycles. The summed E-state index contributed by atoms with van der Waals surface area (Å²) in [4.78, 5) is 25.2. The molecule has 2 aromatic rings. The third kappa shape index (κ3) is 7.61. The number of carbonyl (C=O) groups excluding carboxylic acids is 2. The van der Waals surface area contributed by atoms with Crippen molar-refractivity contribution in [1.82, 2.24) is 10.0 Å². The fourth-order valence-corrected chi connectivity index (χ4v) is 4.17. The largest absolute Gasteiger partial charge is 0.473 e. The van der Waals surface area contributed by atoms with E-state index >= 15 is 0 Å². The first-order valence-corrected chi connectivity index (χ1v) is 12.0. The van der Waals surface area contributed by atoms with Crippen LogP contribution in [0.15, 0.2) is 59.5 Å². The van der Waals surface area contributed by atoms with Gasteiger partial charge in [0.15, 0.2) is 11.6 Å². The van der Waals surface area contributed by atoms with Crippen molar-refractivity contribution in [2.24, 2.45) is 0 Å². The highest BCUT2D eigenvalue weighted by Crippen LogP contribution is 2.23. The standard InChI is InChI=1S/C25H30N2O6S/c1-7-25(6,32-19-11-9-8-10-12-19)22(23(29)26-17-21(28)33-24(3,4)5)27-34(30,31)20-15-13-18(2)14-16-20/h1,8-16,22,27H,17H2,2-6H3,(H,26,29)/t22-,25-/m1/s1. The van der Waals surface area contributed by atoms with Crippen LogP contribution in [-0.2, 0) is 24.3 Å². The van der Waals surface area contributed by atoms with Gasteiger partial charge < -0.3 is 14.8 Å². The van der Waals surface area contributed by atoms with Crippen LogP contribution in [0.4, 0.5) is 0 Å². The number of amides is 1. The molecule has 182 valence electrons. The number of terminal acetylenes is 1. The van der Waals surface area contributed by atoms with E-state index in [0.29, 0.717) is 5.75 Å². The first-order chi connectivity index (χ1) is 15.8. The molecular weight excluding hydrogens is 456 g/mol. The SMILES string of the molecule is C#C[C@@](C)(Oc1ccccc1)[C@H](NS(=O)(=O)c1ccc(C)cc1)C(=O)NCC(=O)OC(C)(C)C. The first kappa shape index (κ1) is 26.9. The topological polar surface area (TPSA) is 111 Å². The van der Waals surface area contributed by atoms with Crippen molar-refractivity contribution in [1.29, 1.82) is 0 Å². The van der Waals surface area contributed by atoms with Gasteiger partial charge in [-0.25, -0.2) is 8.42 Å². The van der Waals surface area contributed by atoms with Crippen molar-refractivity contribution in [2.75, 3.05) is 6.54 Å². The van der Waals surface area contributed by atoms with Gasteiger partial charge in [0.1, 0.15) is 17.9 Å². The molecule has 0 saturated heterocycles. The van der Waals surface area contributed by atoms with E-state index in [0.717, 1.165) is 5.56 Å². The normalized spacial score (nSPS) is 14.2. The van der Waals surface area contributed by atoms with E-state index in [9.17, 15) is 18.0 Å². The summed E-state index contributed by atoms with van der Waals surface area (Å²) in [6, 6.07) is 13.0. The molecule has 2 atom stereocenters. The second-order valence-electron chi connectivity index (χ2n) is 8.84. The second kappa shape index (κ2) is 10.7. The van der Waals surface area contributed by atoms with E-state index in [-0.39, 0.29) is 4.90 Å². The third-order valence-electron chi connectivity index (χ3n) is 4.60. The molecule has 0 spiro atoms. The molecule has 2 N–H and O–H groups in total. The predicted octanol–water partition coefficient (Wildman–Crippen LogP) is 2.57. The number of hydrogen-bond acceptors (Lipinski definition) is 6. The highest BCUT2D eigenvalue weighted by Gasteiger charge is 2.43. The molecular formula is C25H30N2O6S. The van der Waals surface area contributed by atoms with Crippen molar-refractivity contribution < 1.29 is 27.5 Å². The molecule has 0 aliphatic rings. The Morgan fingerprint density at radius 2 is 1.62 bits per heavy atom. The summed E-state index contributed by atoms with van der Waals surface area (Å²) in [7, 11) is -4.18. The molecule has 0 aliphatic carbocycles. The molecule has 0 heterocycles. The zero-order valence-corrected chi connectivity index (χ0v) is 20.7. The molecule has 0 fully saturated rings. The quantitative estimate of drug-likeness (QED) is 0.416. The summed E-state index contributed by atoms with van der Waals surface area (Å²) < 4.78 is 39.6. The lowest BCUT2D eigenvalue weighted by atomic mass is 9.97. The van der Waals surface area contributed by atoms with Crippen LogP contribution in [0.2, 0.25) is 0 Å². The van der Waals surface area contributed by atoms with E-state index in [1.165, 1.54) is 19.1 Å². The van der Waals surface area contributed by atoms with Crippen LogP contribution in [-0.4, -0.2) is 44.1 Å². The van der Waals surface area contributed by atoms with E-state index in [1.54, 1.807) is 63.2 Å². The number of para-hydroxylation sites is 1. The van der Waals surface area contributed by atoms with Gasteiger partial charge in [-0.2, -0.15) is 4.72 Å². The van der Waals surface area contributed by atoms with Crippen molar-refractivity contribution in [3.05, 3.63) is 60.2 Å². The Morgan fingerprint density at radius 1 is 1.03 bits per heavy atom. The second-order valence-corrected chi connectivity index (χ2v) is 10.6. The molecule has 1 amide bonds. The lowest BCUT2D eigenvalue weighted by Crippen LogP contribution is -2.61. The van der Waals surface area contributed by atoms with Crippen molar-refractivity contribution in [3.8, 4) is 18.1 Å². The summed E-state index contributed by atoms with van der Waals surface area (Å²) in [5.41, 5.74) is -1.62. The van der Waals surface area contributed by atoms with Gasteiger partial charge in [0.25, 0.3) is 0 Å². The van der Waals surface area contributed by atoms with Gasteiger partial charge in [-0.1, -0.05) is 41.8 Å². The van der Waals surface area contributed by atoms with E-state index in [4.69, 9.17) is 15.9 Å². The number of ether oxygens (including phenoxy) is 2. The maximum absolute atomic E-state index is 13.2. The monoisotopic (exact) mass is 486 g/mol. The minimum absolute atomic E-state index is 0.0536. The number of sulfonamides is 1. The minimum Gasteiger partial charge on any atom is -0.473 e. The third-order valence-corrected chi connectivity index (χ3v) is 6.04. The Bertz CT molecular complexity index is 1150. The van der Waals surface area contributed by atoms with Crippen LogP contribution in [0.1, 0.15) is 33.3 Å². The number of esters is 1. The molecule has 0 bridgehead atoms. The zero-order valence-electron chi connectivity index (χ0n) is 19.9. The molecule has 34 heavy (non-hydrogen) atoms. The zero-order chi connectivity index (χ0) is 25.6. The van der Waals surface area contributed by atoms with Gasteiger partial charge >= 0.3 is 5.97 Å². The van der Waals surface area contributed by atoms with Gasteiger partial charge in [0.05, 0.1) is 4.90 Å². The first-order valence-electron chi connectivity index (χ1n) is 10.6. The van der Waals surface area contributed by atoms with Gasteiger partial charge in [-0.15, -0.1) is 6.42 Å². The highest BCUT2D eigenvalue weighted by molar-refractivity contribution is 7.89. The van der Waals surface area contributed by atoms with Crippen molar-refractivity contribution in [3.63, 3.8) is 0 Å². The maximum atomic E-state index is 13.2. The Labute approximate surface area is 201 Å². The average Bonchev–Trinajstić information content (AvgIpc) is 2.75. The molecule has 0 radical (unpaired) electrons. The number of aryl methyl sites for hydroxylation is 1. The van der Waals surface area contributed by atoms with Crippen LogP contribution in [0.3, 0.4) is 0 Å². The number of carbonyl (C=O) groups is 2. The van der Waals surface area contributed by atoms with Gasteiger partial charge in [-0.05, 0) is 58.9 Å². The Balaban J connectivity index is 2.37. The van der Waals surface area contributed by atoms with Crippen molar-refractivity contribution in [2.45, 2.75) is 56.8 Å². The summed E-state index contributed by atoms with van der Waals surface area (Å²) in [5, 5.41) is 2.40. The van der Waals surface area contributed by atoms with Gasteiger partial charge in [-0.3, -0.25) is 9.59 Å². The molecule has 2 aromatic carbocycles. The Morgan fingerprint density at radius 3 is 2.15 bits per heavy atom. The number of hydrogen-bond donors (Lipinski definition) is 2. The van der Waals surface area contributed by atoms with Crippen molar-refractivity contribution >= 4 is 21.9 Å². The lowest BCUT2D eigenvalue weighted by molar-refractivity contribution is -0.154. The lowest BCUT2D eigenvalue weighted by Gasteiger charge is -2.33. The highest BCUT2D eigenvalue weighted by atomic mass is 32.2. The molecule has 9 heteroatoms. The Kier molecular flexibility index (Phi) is 8.48. The summed E-state index contributed by atoms with van der Waals surface area (Å²) in [6.45, 7) is 7.82. The number of nitrogens with one attached hydrogen (secondary N) is 2. The summed E-state index contributed by atoms with van der Waals surface area (Å²) in [6.07, 6.45) is 5.73. The average molecular weight is 487 g/mol. The molecule has 0 unspecified atom stereocenters. The van der Waals surface area contributed by atoms with E-state index < -0.39 is 45.7 Å². The van der Waals surface area contributed by atoms with Gasteiger partial charge in [0.2, 0.25) is 15.9 Å². The van der Waals surface area contributed by atoms with Crippen LogP contribution in [0, 0.1) is 19.3 Å². The number of benzene rings is 2. The predicted molar refractivity (Wildman–Crippen MR) is 128 cm³/mol. The minimum atomic E-state index is -4.18. The van der Waals surface area contributed by atoms with Gasteiger partial charge in [0, 0.05) is 0 Å². The molecule has 0 aromatic heterocycles. The molecule has 8 nitrogen and oxygen atoms in total. The maximum Gasteiger partial charge on any atom is 0.325 e. The van der Waals surface area contributed by atoms with Crippen LogP contribution in [0.5, 0.6) is 5.75 Å². The Hall–Kier alpha value is -3.35. The van der Waals surface area contributed by atoms with Crippen LogP contribution < -0.4 is 14.8 Å². The van der Waals surface area contributed by atoms with Crippen LogP contribution >= 0.6 is 0 Å².